The van der Waals surface area contributed by atoms with Gasteiger partial charge in [-0.25, -0.2) is 13.2 Å². The predicted octanol–water partition coefficient (Wildman–Crippen LogP) is 6.97. The molecule has 0 atom stereocenters. The van der Waals surface area contributed by atoms with Gasteiger partial charge in [0.15, 0.2) is 0 Å². The van der Waals surface area contributed by atoms with Crippen LogP contribution in [0.2, 0.25) is 0 Å². The molecule has 0 aliphatic carbocycles. The molecule has 0 amide bonds. The molecule has 4 rings (SSSR count). The van der Waals surface area contributed by atoms with Crippen LogP contribution in [-0.2, 0) is 6.42 Å². The van der Waals surface area contributed by atoms with Crippen molar-refractivity contribution in [3.05, 3.63) is 107 Å². The van der Waals surface area contributed by atoms with E-state index in [2.05, 4.69) is 4.90 Å². The van der Waals surface area contributed by atoms with E-state index in [4.69, 9.17) is 0 Å². The van der Waals surface area contributed by atoms with Crippen LogP contribution in [0.1, 0.15) is 48.3 Å². The second-order valence-corrected chi connectivity index (χ2v) is 8.91. The van der Waals surface area contributed by atoms with Crippen molar-refractivity contribution >= 4 is 0 Å². The number of hydrogen-bond donors (Lipinski definition) is 0. The maximum Gasteiger partial charge on any atom is 0.123 e. The Morgan fingerprint density at radius 2 is 1.16 bits per heavy atom. The molecule has 0 N–H and O–H groups in total. The lowest BCUT2D eigenvalue weighted by Crippen LogP contribution is -2.35. The Kier molecular flexibility index (Phi) is 7.64. The van der Waals surface area contributed by atoms with Crippen LogP contribution in [0, 0.1) is 23.4 Å². The Labute approximate surface area is 188 Å². The molecule has 1 saturated heterocycles. The molecule has 3 aromatic rings. The topological polar surface area (TPSA) is 3.24 Å². The lowest BCUT2D eigenvalue weighted by Gasteiger charge is -2.32. The third-order valence-electron chi connectivity index (χ3n) is 6.66. The number of halogens is 3. The first-order valence-electron chi connectivity index (χ1n) is 11.5. The van der Waals surface area contributed by atoms with Gasteiger partial charge in [0.1, 0.15) is 17.5 Å². The molecule has 3 aromatic carbocycles. The molecule has 0 saturated carbocycles. The summed E-state index contributed by atoms with van der Waals surface area (Å²) in [5.74, 6) is 0.128. The first-order valence-corrected chi connectivity index (χ1v) is 11.5. The number of nitrogens with zero attached hydrogens (tertiary/aromatic N) is 1. The number of piperidine rings is 1. The molecule has 1 nitrogen and oxygen atoms in total. The highest BCUT2D eigenvalue weighted by molar-refractivity contribution is 5.32. The molecule has 0 bridgehead atoms. The Morgan fingerprint density at radius 3 is 1.66 bits per heavy atom. The summed E-state index contributed by atoms with van der Waals surface area (Å²) in [6.45, 7) is 3.20. The minimum absolute atomic E-state index is 0.132. The smallest absolute Gasteiger partial charge is 0.123 e. The van der Waals surface area contributed by atoms with Crippen LogP contribution in [0.3, 0.4) is 0 Å². The number of likely N-dealkylation sites (tertiary alicyclic amines) is 1. The zero-order valence-electron chi connectivity index (χ0n) is 18.3. The molecule has 168 valence electrons. The number of hydrogen-bond acceptors (Lipinski definition) is 1. The first kappa shape index (κ1) is 22.6. The summed E-state index contributed by atoms with van der Waals surface area (Å²) in [7, 11) is 0. The van der Waals surface area contributed by atoms with E-state index in [1.807, 2.05) is 36.4 Å². The predicted molar refractivity (Wildman–Crippen MR) is 123 cm³/mol. The molecule has 0 radical (unpaired) electrons. The van der Waals surface area contributed by atoms with Gasteiger partial charge in [-0.2, -0.15) is 0 Å². The first-order chi connectivity index (χ1) is 15.6. The van der Waals surface area contributed by atoms with Gasteiger partial charge in [-0.05, 0) is 111 Å². The summed E-state index contributed by atoms with van der Waals surface area (Å²) >= 11 is 0. The third kappa shape index (κ3) is 6.23. The fourth-order valence-corrected chi connectivity index (χ4v) is 4.80. The van der Waals surface area contributed by atoms with E-state index in [1.165, 1.54) is 29.8 Å². The van der Waals surface area contributed by atoms with Gasteiger partial charge in [0.05, 0.1) is 0 Å². The zero-order chi connectivity index (χ0) is 22.3. The van der Waals surface area contributed by atoms with Crippen LogP contribution in [0.4, 0.5) is 13.2 Å². The second kappa shape index (κ2) is 10.8. The summed E-state index contributed by atoms with van der Waals surface area (Å²) in [4.78, 5) is 2.52. The molecule has 1 aliphatic heterocycles. The molecule has 1 heterocycles. The fourth-order valence-electron chi connectivity index (χ4n) is 4.80. The summed E-state index contributed by atoms with van der Waals surface area (Å²) in [6, 6.07) is 20.2. The van der Waals surface area contributed by atoms with E-state index < -0.39 is 0 Å². The van der Waals surface area contributed by atoms with Crippen LogP contribution < -0.4 is 0 Å². The molecule has 1 fully saturated rings. The van der Waals surface area contributed by atoms with E-state index in [0.717, 1.165) is 62.9 Å². The summed E-state index contributed by atoms with van der Waals surface area (Å²) in [5.41, 5.74) is 3.35. The van der Waals surface area contributed by atoms with Crippen molar-refractivity contribution in [2.75, 3.05) is 19.6 Å². The standard InChI is InChI=1S/C28H30F3N/c29-25-9-3-21(4-10-25)20-22-15-18-32(19-16-22)17-1-2-28(23-5-11-26(30)12-6-23)24-7-13-27(31)14-8-24/h3-14,22,28H,1-2,15-20H2. The summed E-state index contributed by atoms with van der Waals surface area (Å²) < 4.78 is 39.9. The van der Waals surface area contributed by atoms with Gasteiger partial charge in [0.2, 0.25) is 0 Å². The Hall–Kier alpha value is -2.59. The van der Waals surface area contributed by atoms with Gasteiger partial charge in [0, 0.05) is 5.92 Å². The lowest BCUT2D eigenvalue weighted by molar-refractivity contribution is 0.180. The number of benzene rings is 3. The van der Waals surface area contributed by atoms with Gasteiger partial charge in [-0.15, -0.1) is 0 Å². The van der Waals surface area contributed by atoms with Crippen molar-refractivity contribution in [3.8, 4) is 0 Å². The minimum Gasteiger partial charge on any atom is -0.303 e. The van der Waals surface area contributed by atoms with Crippen molar-refractivity contribution in [1.29, 1.82) is 0 Å². The van der Waals surface area contributed by atoms with Crippen LogP contribution in [0.25, 0.3) is 0 Å². The van der Waals surface area contributed by atoms with E-state index >= 15 is 0 Å². The van der Waals surface area contributed by atoms with Crippen molar-refractivity contribution in [2.24, 2.45) is 5.92 Å². The van der Waals surface area contributed by atoms with E-state index in [0.29, 0.717) is 5.92 Å². The van der Waals surface area contributed by atoms with Gasteiger partial charge < -0.3 is 4.90 Å². The lowest BCUT2D eigenvalue weighted by atomic mass is 9.87. The SMILES string of the molecule is Fc1ccc(CC2CCN(CCCC(c3ccc(F)cc3)c3ccc(F)cc3)CC2)cc1. The average molecular weight is 438 g/mol. The summed E-state index contributed by atoms with van der Waals surface area (Å²) in [5, 5.41) is 0. The molecule has 0 unspecified atom stereocenters. The summed E-state index contributed by atoms with van der Waals surface area (Å²) in [6.07, 6.45) is 5.31. The van der Waals surface area contributed by atoms with Gasteiger partial charge in [-0.3, -0.25) is 0 Å². The van der Waals surface area contributed by atoms with Gasteiger partial charge >= 0.3 is 0 Å². The van der Waals surface area contributed by atoms with E-state index in [9.17, 15) is 13.2 Å². The molecule has 0 spiro atoms. The van der Waals surface area contributed by atoms with Crippen molar-refractivity contribution in [2.45, 2.75) is 38.0 Å². The highest BCUT2D eigenvalue weighted by Gasteiger charge is 2.20. The highest BCUT2D eigenvalue weighted by Crippen LogP contribution is 2.30. The molecule has 0 aromatic heterocycles. The van der Waals surface area contributed by atoms with Gasteiger partial charge in [0.25, 0.3) is 0 Å². The monoisotopic (exact) mass is 437 g/mol. The third-order valence-corrected chi connectivity index (χ3v) is 6.66. The van der Waals surface area contributed by atoms with Crippen molar-refractivity contribution in [1.82, 2.24) is 4.90 Å². The Bertz CT molecular complexity index is 914. The maximum atomic E-state index is 13.4. The minimum atomic E-state index is -0.241. The maximum absolute atomic E-state index is 13.4. The quantitative estimate of drug-likeness (QED) is 0.368. The largest absolute Gasteiger partial charge is 0.303 e. The average Bonchev–Trinajstić information content (AvgIpc) is 2.81. The number of rotatable bonds is 8. The van der Waals surface area contributed by atoms with E-state index in [1.54, 1.807) is 12.1 Å². The fraction of sp³-hybridized carbons (Fsp3) is 0.357. The zero-order valence-corrected chi connectivity index (χ0v) is 18.3. The van der Waals surface area contributed by atoms with Crippen molar-refractivity contribution < 1.29 is 13.2 Å². The molecule has 1 aliphatic rings. The van der Waals surface area contributed by atoms with Gasteiger partial charge in [-0.1, -0.05) is 36.4 Å². The molecule has 4 heteroatoms. The molecule has 32 heavy (non-hydrogen) atoms. The van der Waals surface area contributed by atoms with Crippen LogP contribution in [0.15, 0.2) is 72.8 Å². The van der Waals surface area contributed by atoms with Crippen LogP contribution >= 0.6 is 0 Å². The van der Waals surface area contributed by atoms with Crippen molar-refractivity contribution in [3.63, 3.8) is 0 Å². The van der Waals surface area contributed by atoms with E-state index in [-0.39, 0.29) is 23.4 Å². The molecular formula is C28H30F3N. The molecular weight excluding hydrogens is 407 g/mol. The normalized spacial score (nSPS) is 15.4. The Balaban J connectivity index is 1.29. The van der Waals surface area contributed by atoms with Crippen LogP contribution in [0.5, 0.6) is 0 Å². The highest BCUT2D eigenvalue weighted by atomic mass is 19.1. The Morgan fingerprint density at radius 1 is 0.688 bits per heavy atom. The second-order valence-electron chi connectivity index (χ2n) is 8.91. The van der Waals surface area contributed by atoms with Crippen LogP contribution in [-0.4, -0.2) is 24.5 Å².